The molecule has 0 amide bonds. The monoisotopic (exact) mass is 259 g/mol. The van der Waals surface area contributed by atoms with E-state index in [0.29, 0.717) is 16.6 Å². The van der Waals surface area contributed by atoms with Crippen LogP contribution in [0.1, 0.15) is 24.0 Å². The van der Waals surface area contributed by atoms with E-state index in [-0.39, 0.29) is 0 Å². The first-order valence-electron chi connectivity index (χ1n) is 6.26. The molecule has 3 rings (SSSR count). The van der Waals surface area contributed by atoms with Crippen molar-refractivity contribution in [2.24, 2.45) is 11.8 Å². The Labute approximate surface area is 111 Å². The summed E-state index contributed by atoms with van der Waals surface area (Å²) in [4.78, 5) is 4.12. The van der Waals surface area contributed by atoms with Gasteiger partial charge in [0.25, 0.3) is 0 Å². The van der Waals surface area contributed by atoms with E-state index < -0.39 is 0 Å². The van der Waals surface area contributed by atoms with Crippen molar-refractivity contribution in [3.05, 3.63) is 34.6 Å². The van der Waals surface area contributed by atoms with Gasteiger partial charge in [-0.3, -0.25) is 0 Å². The van der Waals surface area contributed by atoms with Gasteiger partial charge in [0, 0.05) is 18.7 Å². The summed E-state index contributed by atoms with van der Waals surface area (Å²) < 4.78 is 0. The maximum absolute atomic E-state index is 9.02. The average Bonchev–Trinajstić information content (AvgIpc) is 2.87. The number of nitriles is 1. The average molecular weight is 260 g/mol. The smallest absolute Gasteiger partial charge is 0.146 e. The van der Waals surface area contributed by atoms with Crippen LogP contribution < -0.4 is 5.32 Å². The molecular weight excluding hydrogens is 246 g/mol. The molecule has 2 atom stereocenters. The molecule has 0 bridgehead atoms. The summed E-state index contributed by atoms with van der Waals surface area (Å²) in [7, 11) is 0. The fraction of sp³-hybridized carbons (Fsp3) is 0.429. The lowest BCUT2D eigenvalue weighted by Gasteiger charge is -2.26. The van der Waals surface area contributed by atoms with E-state index in [1.54, 1.807) is 6.20 Å². The highest BCUT2D eigenvalue weighted by atomic mass is 35.5. The third kappa shape index (κ3) is 1.92. The van der Waals surface area contributed by atoms with E-state index in [1.165, 1.54) is 12.0 Å². The van der Waals surface area contributed by atoms with E-state index >= 15 is 0 Å². The summed E-state index contributed by atoms with van der Waals surface area (Å²) >= 11 is 5.88. The quantitative estimate of drug-likeness (QED) is 0.789. The van der Waals surface area contributed by atoms with Gasteiger partial charge in [-0.05, 0) is 42.5 Å². The lowest BCUT2D eigenvalue weighted by Crippen LogP contribution is -2.18. The highest BCUT2D eigenvalue weighted by Gasteiger charge is 2.32. The van der Waals surface area contributed by atoms with Crippen molar-refractivity contribution >= 4 is 17.2 Å². The molecule has 2 aliphatic rings. The highest BCUT2D eigenvalue weighted by Crippen LogP contribution is 2.38. The van der Waals surface area contributed by atoms with Gasteiger partial charge in [-0.1, -0.05) is 17.7 Å². The van der Waals surface area contributed by atoms with Gasteiger partial charge in [0.05, 0.1) is 5.56 Å². The van der Waals surface area contributed by atoms with E-state index in [9.17, 15) is 0 Å². The summed E-state index contributed by atoms with van der Waals surface area (Å²) in [6.07, 6.45) is 6.45. The van der Waals surface area contributed by atoms with Gasteiger partial charge in [-0.15, -0.1) is 0 Å². The first kappa shape index (κ1) is 11.7. The zero-order valence-electron chi connectivity index (χ0n) is 9.99. The summed E-state index contributed by atoms with van der Waals surface area (Å²) in [6.45, 7) is 2.13. The highest BCUT2D eigenvalue weighted by molar-refractivity contribution is 6.30. The molecule has 92 valence electrons. The molecule has 1 aliphatic carbocycles. The maximum Gasteiger partial charge on any atom is 0.146 e. The summed E-state index contributed by atoms with van der Waals surface area (Å²) in [6, 6.07) is 3.96. The summed E-state index contributed by atoms with van der Waals surface area (Å²) in [5, 5.41) is 12.8. The summed E-state index contributed by atoms with van der Waals surface area (Å²) in [5.41, 5.74) is 2.84. The van der Waals surface area contributed by atoms with Crippen molar-refractivity contribution in [2.75, 3.05) is 13.1 Å². The molecule has 0 radical (unpaired) electrons. The minimum absolute atomic E-state index is 0.291. The van der Waals surface area contributed by atoms with Crippen LogP contribution in [-0.2, 0) is 0 Å². The Morgan fingerprint density at radius 2 is 2.33 bits per heavy atom. The van der Waals surface area contributed by atoms with E-state index in [0.717, 1.165) is 31.0 Å². The van der Waals surface area contributed by atoms with E-state index in [4.69, 9.17) is 16.9 Å². The van der Waals surface area contributed by atoms with Crippen LogP contribution in [0.5, 0.6) is 0 Å². The van der Waals surface area contributed by atoms with Crippen molar-refractivity contribution < 1.29 is 0 Å². The van der Waals surface area contributed by atoms with Gasteiger partial charge >= 0.3 is 0 Å². The van der Waals surface area contributed by atoms with Gasteiger partial charge < -0.3 is 5.32 Å². The lowest BCUT2D eigenvalue weighted by molar-refractivity contribution is 0.454. The van der Waals surface area contributed by atoms with E-state index in [2.05, 4.69) is 22.4 Å². The van der Waals surface area contributed by atoms with Gasteiger partial charge in [-0.2, -0.15) is 5.26 Å². The van der Waals surface area contributed by atoms with E-state index in [1.807, 2.05) is 6.07 Å². The molecule has 0 saturated carbocycles. The fourth-order valence-corrected chi connectivity index (χ4v) is 3.17. The molecule has 1 N–H and O–H groups in total. The molecule has 18 heavy (non-hydrogen) atoms. The van der Waals surface area contributed by atoms with Crippen molar-refractivity contribution in [1.29, 1.82) is 5.26 Å². The molecule has 1 aromatic heterocycles. The third-order valence-electron chi connectivity index (χ3n) is 3.93. The number of pyridine rings is 1. The van der Waals surface area contributed by atoms with Crippen LogP contribution in [0, 0.1) is 23.2 Å². The Morgan fingerprint density at radius 1 is 1.44 bits per heavy atom. The molecule has 0 aromatic carbocycles. The van der Waals surface area contributed by atoms with Crippen molar-refractivity contribution in [3.63, 3.8) is 0 Å². The molecule has 2 unspecified atom stereocenters. The number of nitrogens with one attached hydrogen (secondary N) is 1. The zero-order valence-corrected chi connectivity index (χ0v) is 10.7. The third-order valence-corrected chi connectivity index (χ3v) is 4.24. The Morgan fingerprint density at radius 3 is 3.17 bits per heavy atom. The molecule has 1 aliphatic heterocycles. The number of nitrogens with zero attached hydrogens (tertiary/aromatic N) is 2. The maximum atomic E-state index is 9.02. The number of fused-ring (bicyclic) bond motifs is 1. The van der Waals surface area contributed by atoms with Gasteiger partial charge in [-0.25, -0.2) is 4.98 Å². The normalized spacial score (nSPS) is 26.3. The predicted octanol–water partition coefficient (Wildman–Crippen LogP) is 2.62. The van der Waals surface area contributed by atoms with Gasteiger partial charge in [0.15, 0.2) is 0 Å². The molecule has 4 heteroatoms. The molecule has 0 spiro atoms. The van der Waals surface area contributed by atoms with Crippen LogP contribution >= 0.6 is 11.6 Å². The van der Waals surface area contributed by atoms with Crippen molar-refractivity contribution in [1.82, 2.24) is 10.3 Å². The van der Waals surface area contributed by atoms with Crippen molar-refractivity contribution in [2.45, 2.75) is 12.8 Å². The molecule has 1 saturated heterocycles. The number of aromatic nitrogens is 1. The molecule has 3 nitrogen and oxygen atoms in total. The fourth-order valence-electron chi connectivity index (χ4n) is 3.02. The number of hydrogen-bond donors (Lipinski definition) is 1. The molecule has 1 fully saturated rings. The number of rotatable bonds is 1. The molecule has 1 aromatic rings. The van der Waals surface area contributed by atoms with Crippen LogP contribution in [0.4, 0.5) is 0 Å². The Hall–Kier alpha value is -1.37. The minimum atomic E-state index is 0.291. The van der Waals surface area contributed by atoms with Crippen LogP contribution in [0.25, 0.3) is 5.57 Å². The largest absolute Gasteiger partial charge is 0.316 e. The summed E-state index contributed by atoms with van der Waals surface area (Å²) in [5.74, 6) is 1.29. The lowest BCUT2D eigenvalue weighted by atomic mass is 9.78. The van der Waals surface area contributed by atoms with Crippen LogP contribution in [0.15, 0.2) is 18.3 Å². The standard InChI is InChI=1S/C14H14ClN3/c15-14-10(5-16)4-11(7-18-14)12-3-1-2-9-6-17-8-13(9)12/h3-4,7,9,13,17H,1-2,6,8H2. The Kier molecular flexibility index (Phi) is 3.07. The second kappa shape index (κ2) is 4.72. The van der Waals surface area contributed by atoms with Crippen LogP contribution in [0.3, 0.4) is 0 Å². The Bertz CT molecular complexity index is 544. The van der Waals surface area contributed by atoms with Crippen molar-refractivity contribution in [3.8, 4) is 6.07 Å². The number of halogens is 1. The number of allylic oxidation sites excluding steroid dienone is 1. The topological polar surface area (TPSA) is 48.7 Å². The molecular formula is C14H14ClN3. The van der Waals surface area contributed by atoms with Gasteiger partial charge in [0.1, 0.15) is 11.2 Å². The van der Waals surface area contributed by atoms with Crippen LogP contribution in [0.2, 0.25) is 5.15 Å². The predicted molar refractivity (Wildman–Crippen MR) is 71.0 cm³/mol. The zero-order chi connectivity index (χ0) is 12.5. The Balaban J connectivity index is 1.99. The SMILES string of the molecule is N#Cc1cc(C2=CCCC3CNCC23)cnc1Cl. The van der Waals surface area contributed by atoms with Gasteiger partial charge in [0.2, 0.25) is 0 Å². The minimum Gasteiger partial charge on any atom is -0.316 e. The first-order valence-corrected chi connectivity index (χ1v) is 6.64. The number of hydrogen-bond acceptors (Lipinski definition) is 3. The van der Waals surface area contributed by atoms with Crippen LogP contribution in [-0.4, -0.2) is 18.1 Å². The second-order valence-corrected chi connectivity index (χ2v) is 5.29. The second-order valence-electron chi connectivity index (χ2n) is 4.94. The first-order chi connectivity index (χ1) is 8.79. The molecule has 2 heterocycles.